The summed E-state index contributed by atoms with van der Waals surface area (Å²) in [6.07, 6.45) is -0.595. The van der Waals surface area contributed by atoms with Gasteiger partial charge in [-0.15, -0.1) is 0 Å². The Morgan fingerprint density at radius 2 is 1.30 bits per heavy atom. The van der Waals surface area contributed by atoms with Gasteiger partial charge in [-0.1, -0.05) is 0 Å². The highest BCUT2D eigenvalue weighted by molar-refractivity contribution is 6.01. The van der Waals surface area contributed by atoms with Crippen LogP contribution in [-0.2, 0) is 19.1 Å². The second kappa shape index (κ2) is 6.10. The molecule has 6 nitrogen and oxygen atoms in total. The van der Waals surface area contributed by atoms with Gasteiger partial charge in [0.1, 0.15) is 0 Å². The van der Waals surface area contributed by atoms with E-state index in [1.165, 1.54) is 0 Å². The zero-order valence-corrected chi connectivity index (χ0v) is 12.5. The van der Waals surface area contributed by atoms with Crippen LogP contribution in [0.4, 0.5) is 0 Å². The third kappa shape index (κ3) is 3.12. The van der Waals surface area contributed by atoms with Crippen LogP contribution < -0.4 is 0 Å². The number of hydrogen-bond acceptors (Lipinski definition) is 6. The Balaban J connectivity index is 2.93. The molecule has 1 aliphatic rings. The standard InChI is InChI=1S/C14H24O6/c1-9(2)19-11(17)14(12(18)20-10(3)4)5-13(6-14,7-15)8-16/h9-10,15-16H,5-8H2,1-4H3. The molecule has 0 spiro atoms. The second-order valence-electron chi connectivity index (χ2n) is 6.16. The van der Waals surface area contributed by atoms with Crippen LogP contribution in [0.15, 0.2) is 0 Å². The van der Waals surface area contributed by atoms with E-state index in [-0.39, 0.29) is 38.3 Å². The van der Waals surface area contributed by atoms with Crippen LogP contribution in [0, 0.1) is 10.8 Å². The highest BCUT2D eigenvalue weighted by Gasteiger charge is 2.65. The lowest BCUT2D eigenvalue weighted by Gasteiger charge is -2.51. The van der Waals surface area contributed by atoms with Gasteiger partial charge in [0.25, 0.3) is 0 Å². The summed E-state index contributed by atoms with van der Waals surface area (Å²) < 4.78 is 10.3. The predicted molar refractivity (Wildman–Crippen MR) is 70.7 cm³/mol. The Hall–Kier alpha value is -1.14. The minimum Gasteiger partial charge on any atom is -0.462 e. The molecular weight excluding hydrogens is 264 g/mol. The van der Waals surface area contributed by atoms with Gasteiger partial charge in [-0.3, -0.25) is 9.59 Å². The van der Waals surface area contributed by atoms with Crippen LogP contribution in [-0.4, -0.2) is 47.6 Å². The van der Waals surface area contributed by atoms with E-state index < -0.39 is 22.8 Å². The van der Waals surface area contributed by atoms with Crippen molar-refractivity contribution in [1.82, 2.24) is 0 Å². The van der Waals surface area contributed by atoms with E-state index in [4.69, 9.17) is 9.47 Å². The fourth-order valence-electron chi connectivity index (χ4n) is 2.53. The molecule has 0 aromatic carbocycles. The van der Waals surface area contributed by atoms with Crippen molar-refractivity contribution in [3.05, 3.63) is 0 Å². The molecular formula is C14H24O6. The highest BCUT2D eigenvalue weighted by Crippen LogP contribution is 2.55. The summed E-state index contributed by atoms with van der Waals surface area (Å²) in [6.45, 7) is 6.23. The first kappa shape index (κ1) is 16.9. The van der Waals surface area contributed by atoms with Gasteiger partial charge < -0.3 is 19.7 Å². The van der Waals surface area contributed by atoms with E-state index in [0.717, 1.165) is 0 Å². The lowest BCUT2D eigenvalue weighted by molar-refractivity contribution is -0.202. The average molecular weight is 288 g/mol. The molecule has 1 aliphatic carbocycles. The van der Waals surface area contributed by atoms with Crippen molar-refractivity contribution >= 4 is 11.9 Å². The van der Waals surface area contributed by atoms with Crippen LogP contribution >= 0.6 is 0 Å². The highest BCUT2D eigenvalue weighted by atomic mass is 16.6. The van der Waals surface area contributed by atoms with Gasteiger partial charge in [-0.05, 0) is 40.5 Å². The van der Waals surface area contributed by atoms with Crippen LogP contribution in [0.2, 0.25) is 0 Å². The molecule has 0 aromatic rings. The van der Waals surface area contributed by atoms with Crippen molar-refractivity contribution in [2.24, 2.45) is 10.8 Å². The number of aliphatic hydroxyl groups excluding tert-OH is 2. The molecule has 116 valence electrons. The Morgan fingerprint density at radius 3 is 1.55 bits per heavy atom. The van der Waals surface area contributed by atoms with Crippen LogP contribution in [0.25, 0.3) is 0 Å². The zero-order valence-electron chi connectivity index (χ0n) is 12.5. The van der Waals surface area contributed by atoms with Crippen LogP contribution in [0.5, 0.6) is 0 Å². The smallest absolute Gasteiger partial charge is 0.323 e. The summed E-state index contributed by atoms with van der Waals surface area (Å²) in [5, 5.41) is 18.7. The maximum absolute atomic E-state index is 12.2. The summed E-state index contributed by atoms with van der Waals surface area (Å²) in [6, 6.07) is 0. The summed E-state index contributed by atoms with van der Waals surface area (Å²) >= 11 is 0. The first-order valence-electron chi connectivity index (χ1n) is 6.85. The number of esters is 2. The lowest BCUT2D eigenvalue weighted by atomic mass is 9.53. The van der Waals surface area contributed by atoms with Gasteiger partial charge in [0, 0.05) is 5.41 Å². The molecule has 1 fully saturated rings. The van der Waals surface area contributed by atoms with Crippen LogP contribution in [0.1, 0.15) is 40.5 Å². The summed E-state index contributed by atoms with van der Waals surface area (Å²) in [5.74, 6) is -1.29. The molecule has 0 saturated heterocycles. The monoisotopic (exact) mass is 288 g/mol. The Bertz CT molecular complexity index is 338. The zero-order chi connectivity index (χ0) is 15.6. The molecule has 0 atom stereocenters. The van der Waals surface area contributed by atoms with E-state index in [1.807, 2.05) is 0 Å². The normalized spacial score (nSPS) is 19.6. The maximum atomic E-state index is 12.2. The first-order chi connectivity index (χ1) is 9.21. The molecule has 0 aromatic heterocycles. The molecule has 1 rings (SSSR count). The van der Waals surface area contributed by atoms with Crippen molar-refractivity contribution < 1.29 is 29.3 Å². The third-order valence-corrected chi connectivity index (χ3v) is 3.49. The fourth-order valence-corrected chi connectivity index (χ4v) is 2.53. The van der Waals surface area contributed by atoms with Gasteiger partial charge in [-0.25, -0.2) is 0 Å². The Labute approximate surface area is 119 Å². The summed E-state index contributed by atoms with van der Waals surface area (Å²) in [5.41, 5.74) is -2.22. The van der Waals surface area contributed by atoms with Crippen LogP contribution in [0.3, 0.4) is 0 Å². The molecule has 2 N–H and O–H groups in total. The molecule has 1 saturated carbocycles. The van der Waals surface area contributed by atoms with E-state index >= 15 is 0 Å². The topological polar surface area (TPSA) is 93.1 Å². The molecule has 20 heavy (non-hydrogen) atoms. The number of rotatable bonds is 6. The summed E-state index contributed by atoms with van der Waals surface area (Å²) in [4.78, 5) is 24.4. The second-order valence-corrected chi connectivity index (χ2v) is 6.16. The molecule has 0 aliphatic heterocycles. The van der Waals surface area contributed by atoms with Crippen molar-refractivity contribution in [1.29, 1.82) is 0 Å². The largest absolute Gasteiger partial charge is 0.462 e. The van der Waals surface area contributed by atoms with Gasteiger partial charge in [-0.2, -0.15) is 0 Å². The number of ether oxygens (including phenoxy) is 2. The molecule has 0 amide bonds. The third-order valence-electron chi connectivity index (χ3n) is 3.49. The number of aliphatic hydroxyl groups is 2. The fraction of sp³-hybridized carbons (Fsp3) is 0.857. The van der Waals surface area contributed by atoms with E-state index in [9.17, 15) is 19.8 Å². The average Bonchev–Trinajstić information content (AvgIpc) is 2.27. The van der Waals surface area contributed by atoms with Gasteiger partial charge >= 0.3 is 11.9 Å². The molecule has 0 heterocycles. The van der Waals surface area contributed by atoms with Gasteiger partial charge in [0.2, 0.25) is 0 Å². The number of hydrogen-bond donors (Lipinski definition) is 2. The SMILES string of the molecule is CC(C)OC(=O)C1(C(=O)OC(C)C)CC(CO)(CO)C1. The molecule has 0 bridgehead atoms. The first-order valence-corrected chi connectivity index (χ1v) is 6.85. The number of carbonyl (C=O) groups is 2. The minimum atomic E-state index is -1.40. The minimum absolute atomic E-state index is 0.0457. The van der Waals surface area contributed by atoms with Gasteiger partial charge in [0.15, 0.2) is 5.41 Å². The lowest BCUT2D eigenvalue weighted by Crippen LogP contribution is -2.60. The molecule has 0 radical (unpaired) electrons. The summed E-state index contributed by atoms with van der Waals surface area (Å²) in [7, 11) is 0. The Morgan fingerprint density at radius 1 is 0.950 bits per heavy atom. The number of carbonyl (C=O) groups excluding carboxylic acids is 2. The van der Waals surface area contributed by atoms with Crippen molar-refractivity contribution in [3.63, 3.8) is 0 Å². The van der Waals surface area contributed by atoms with Crippen molar-refractivity contribution in [2.75, 3.05) is 13.2 Å². The van der Waals surface area contributed by atoms with E-state index in [1.54, 1.807) is 27.7 Å². The van der Waals surface area contributed by atoms with Gasteiger partial charge in [0.05, 0.1) is 25.4 Å². The quantitative estimate of drug-likeness (QED) is 0.550. The van der Waals surface area contributed by atoms with E-state index in [2.05, 4.69) is 0 Å². The van der Waals surface area contributed by atoms with E-state index in [0.29, 0.717) is 0 Å². The van der Waals surface area contributed by atoms with Crippen molar-refractivity contribution in [3.8, 4) is 0 Å². The maximum Gasteiger partial charge on any atom is 0.323 e. The molecule has 6 heteroatoms. The predicted octanol–water partition coefficient (Wildman–Crippen LogP) is 0.641. The van der Waals surface area contributed by atoms with Crippen molar-refractivity contribution in [2.45, 2.75) is 52.7 Å². The Kier molecular flexibility index (Phi) is 5.15. The molecule has 0 unspecified atom stereocenters.